The molecule has 0 radical (unpaired) electrons. The first-order valence-corrected chi connectivity index (χ1v) is 11.2. The zero-order valence-electron chi connectivity index (χ0n) is 18.5. The summed E-state index contributed by atoms with van der Waals surface area (Å²) in [7, 11) is 0. The van der Waals surface area contributed by atoms with Gasteiger partial charge in [-0.25, -0.2) is 4.79 Å². The highest BCUT2D eigenvalue weighted by Crippen LogP contribution is 2.42. The number of carbonyl (C=O) groups excluding carboxylic acids is 1. The van der Waals surface area contributed by atoms with Crippen LogP contribution in [0.1, 0.15) is 39.6 Å². The summed E-state index contributed by atoms with van der Waals surface area (Å²) < 4.78 is 16.4. The molecule has 8 heteroatoms. The lowest BCUT2D eigenvalue weighted by Gasteiger charge is -2.25. The van der Waals surface area contributed by atoms with Crippen LogP contribution in [0.25, 0.3) is 0 Å². The third-order valence-electron chi connectivity index (χ3n) is 5.58. The second-order valence-corrected chi connectivity index (χ2v) is 8.30. The van der Waals surface area contributed by atoms with Gasteiger partial charge in [-0.15, -0.1) is 0 Å². The molecule has 0 saturated heterocycles. The first-order valence-electron chi connectivity index (χ1n) is 10.9. The van der Waals surface area contributed by atoms with Crippen molar-refractivity contribution in [2.24, 2.45) is 0 Å². The van der Waals surface area contributed by atoms with Crippen molar-refractivity contribution >= 4 is 23.7 Å². The summed E-state index contributed by atoms with van der Waals surface area (Å²) in [6, 6.07) is 18.0. The number of nitrogens with one attached hydrogen (secondary N) is 1. The van der Waals surface area contributed by atoms with Crippen molar-refractivity contribution in [2.75, 3.05) is 13.2 Å². The average Bonchev–Trinajstić information content (AvgIpc) is 2.81. The summed E-state index contributed by atoms with van der Waals surface area (Å²) in [5.41, 5.74) is 3.49. The molecule has 1 aliphatic heterocycles. The monoisotopic (exact) mass is 481 g/mol. The van der Waals surface area contributed by atoms with E-state index in [1.54, 1.807) is 36.4 Å². The van der Waals surface area contributed by atoms with E-state index in [-0.39, 0.29) is 5.91 Å². The van der Waals surface area contributed by atoms with Gasteiger partial charge >= 0.3 is 6.16 Å². The maximum absolute atomic E-state index is 12.5. The van der Waals surface area contributed by atoms with Crippen LogP contribution in [0.4, 0.5) is 4.79 Å². The van der Waals surface area contributed by atoms with E-state index in [1.807, 2.05) is 12.1 Å². The average molecular weight is 482 g/mol. The molecule has 1 aliphatic rings. The lowest BCUT2D eigenvalue weighted by Crippen LogP contribution is -2.25. The lowest BCUT2D eigenvalue weighted by atomic mass is 10.0. The molecule has 7 nitrogen and oxygen atoms in total. The molecule has 34 heavy (non-hydrogen) atoms. The van der Waals surface area contributed by atoms with E-state index in [4.69, 9.17) is 30.9 Å². The molecule has 0 fully saturated rings. The molecule has 1 amide bonds. The number of carboxylic acid groups (broad SMARTS) is 1. The Balaban J connectivity index is 1.38. The molecule has 0 aliphatic carbocycles. The number of ether oxygens (including phenoxy) is 3. The molecule has 1 atom stereocenters. The molecule has 1 unspecified atom stereocenters. The maximum Gasteiger partial charge on any atom is 0.506 e. The minimum Gasteiger partial charge on any atom is -0.493 e. The van der Waals surface area contributed by atoms with Gasteiger partial charge in [0.15, 0.2) is 0 Å². The molecule has 3 aromatic carbocycles. The van der Waals surface area contributed by atoms with Crippen LogP contribution in [0.2, 0.25) is 5.02 Å². The quantitative estimate of drug-likeness (QED) is 0.406. The Bertz CT molecular complexity index is 1190. The number of hydrogen-bond donors (Lipinski definition) is 2. The van der Waals surface area contributed by atoms with E-state index < -0.39 is 12.3 Å². The van der Waals surface area contributed by atoms with Crippen LogP contribution in [-0.4, -0.2) is 30.3 Å². The van der Waals surface area contributed by atoms with E-state index in [0.29, 0.717) is 53.0 Å². The second-order valence-electron chi connectivity index (χ2n) is 7.89. The van der Waals surface area contributed by atoms with Crippen LogP contribution in [0.15, 0.2) is 60.7 Å². The van der Waals surface area contributed by atoms with E-state index in [2.05, 4.69) is 24.4 Å². The molecular formula is C26H24ClNO6. The maximum atomic E-state index is 12.5. The van der Waals surface area contributed by atoms with Gasteiger partial charge in [0.25, 0.3) is 5.91 Å². The zero-order valence-corrected chi connectivity index (χ0v) is 19.3. The number of amides is 1. The van der Waals surface area contributed by atoms with Gasteiger partial charge in [-0.3, -0.25) is 4.79 Å². The number of halogens is 1. The van der Waals surface area contributed by atoms with Crippen LogP contribution in [0.3, 0.4) is 0 Å². The lowest BCUT2D eigenvalue weighted by molar-refractivity contribution is 0.0326. The molecule has 176 valence electrons. The van der Waals surface area contributed by atoms with E-state index in [9.17, 15) is 9.59 Å². The Morgan fingerprint density at radius 3 is 2.65 bits per heavy atom. The molecule has 3 aromatic rings. The summed E-state index contributed by atoms with van der Waals surface area (Å²) in [6.07, 6.45) is -0.828. The Morgan fingerprint density at radius 2 is 1.91 bits per heavy atom. The van der Waals surface area contributed by atoms with Crippen molar-refractivity contribution < 1.29 is 28.9 Å². The third-order valence-corrected chi connectivity index (χ3v) is 5.87. The van der Waals surface area contributed by atoms with Crippen molar-refractivity contribution in [3.63, 3.8) is 0 Å². The molecule has 1 heterocycles. The van der Waals surface area contributed by atoms with E-state index >= 15 is 0 Å². The van der Waals surface area contributed by atoms with E-state index in [0.717, 1.165) is 6.42 Å². The minimum absolute atomic E-state index is 0.162. The zero-order chi connectivity index (χ0) is 24.1. The number of rotatable bonds is 7. The topological polar surface area (TPSA) is 94.1 Å². The van der Waals surface area contributed by atoms with Crippen LogP contribution in [0, 0.1) is 6.92 Å². The molecule has 4 rings (SSSR count). The molecular weight excluding hydrogens is 458 g/mol. The SMILES string of the molecule is Cc1ccccc1CCNC(=O)c1ccc(Oc2cc3c(cc2Cl)C(OC(=O)O)CCO3)cc1. The van der Waals surface area contributed by atoms with Gasteiger partial charge in [0, 0.05) is 30.2 Å². The fraction of sp³-hybridized carbons (Fsp3) is 0.231. The van der Waals surface area contributed by atoms with Gasteiger partial charge < -0.3 is 24.6 Å². The number of benzene rings is 3. The molecule has 2 N–H and O–H groups in total. The summed E-state index contributed by atoms with van der Waals surface area (Å²) in [6.45, 7) is 2.91. The molecule has 0 spiro atoms. The molecule has 0 aromatic heterocycles. The van der Waals surface area contributed by atoms with Crippen molar-refractivity contribution in [3.8, 4) is 17.2 Å². The molecule has 0 bridgehead atoms. The van der Waals surface area contributed by atoms with Crippen molar-refractivity contribution in [1.29, 1.82) is 0 Å². The van der Waals surface area contributed by atoms with Crippen LogP contribution < -0.4 is 14.8 Å². The first kappa shape index (κ1) is 23.4. The Hall–Kier alpha value is -3.71. The minimum atomic E-state index is -1.35. The second kappa shape index (κ2) is 10.5. The van der Waals surface area contributed by atoms with E-state index in [1.165, 1.54) is 11.1 Å². The first-order chi connectivity index (χ1) is 16.4. The van der Waals surface area contributed by atoms with Crippen molar-refractivity contribution in [1.82, 2.24) is 5.32 Å². The highest BCUT2D eigenvalue weighted by atomic mass is 35.5. The van der Waals surface area contributed by atoms with Gasteiger partial charge in [0.2, 0.25) is 0 Å². The fourth-order valence-electron chi connectivity index (χ4n) is 3.79. The van der Waals surface area contributed by atoms with Crippen molar-refractivity contribution in [3.05, 3.63) is 87.9 Å². The van der Waals surface area contributed by atoms with Crippen LogP contribution in [-0.2, 0) is 11.2 Å². The summed E-state index contributed by atoms with van der Waals surface area (Å²) in [4.78, 5) is 23.4. The summed E-state index contributed by atoms with van der Waals surface area (Å²) in [5.74, 6) is 1.14. The van der Waals surface area contributed by atoms with Crippen LogP contribution in [0.5, 0.6) is 17.2 Å². The van der Waals surface area contributed by atoms with Crippen LogP contribution >= 0.6 is 11.6 Å². The Labute approximate surface area is 202 Å². The van der Waals surface area contributed by atoms with Gasteiger partial charge in [-0.05, 0) is 54.8 Å². The number of carbonyl (C=O) groups is 2. The predicted octanol–water partition coefficient (Wildman–Crippen LogP) is 5.93. The Kier molecular flexibility index (Phi) is 7.23. The standard InChI is InChI=1S/C26H24ClNO6/c1-16-4-2-3-5-17(16)10-12-28-25(29)18-6-8-19(9-7-18)33-24-15-23-20(14-21(24)27)22(11-13-32-23)34-26(30)31/h2-9,14-15,22H,10-13H2,1H3,(H,28,29)(H,30,31). The smallest absolute Gasteiger partial charge is 0.493 e. The number of fused-ring (bicyclic) bond motifs is 1. The van der Waals surface area contributed by atoms with Gasteiger partial charge in [0.1, 0.15) is 23.4 Å². The summed E-state index contributed by atoms with van der Waals surface area (Å²) >= 11 is 6.37. The fourth-order valence-corrected chi connectivity index (χ4v) is 4.00. The normalized spacial score (nSPS) is 14.5. The highest BCUT2D eigenvalue weighted by Gasteiger charge is 2.27. The van der Waals surface area contributed by atoms with Gasteiger partial charge in [-0.2, -0.15) is 0 Å². The predicted molar refractivity (Wildman–Crippen MR) is 127 cm³/mol. The number of hydrogen-bond acceptors (Lipinski definition) is 5. The third kappa shape index (κ3) is 5.61. The van der Waals surface area contributed by atoms with Gasteiger partial charge in [-0.1, -0.05) is 35.9 Å². The van der Waals surface area contributed by atoms with Gasteiger partial charge in [0.05, 0.1) is 11.6 Å². The highest BCUT2D eigenvalue weighted by molar-refractivity contribution is 6.32. The summed E-state index contributed by atoms with van der Waals surface area (Å²) in [5, 5.41) is 12.2. The van der Waals surface area contributed by atoms with Crippen molar-refractivity contribution in [2.45, 2.75) is 25.9 Å². The largest absolute Gasteiger partial charge is 0.506 e. The molecule has 0 saturated carbocycles. The number of aryl methyl sites for hydroxylation is 1. The Morgan fingerprint density at radius 1 is 1.15 bits per heavy atom.